The van der Waals surface area contributed by atoms with Crippen LogP contribution in [0.25, 0.3) is 0 Å². The number of rotatable bonds is 2. The highest BCUT2D eigenvalue weighted by Gasteiger charge is 2.01. The summed E-state index contributed by atoms with van der Waals surface area (Å²) < 4.78 is 0.977. The lowest BCUT2D eigenvalue weighted by Gasteiger charge is -2.15. The largest absolute Gasteiger partial charge is 0.331 e. The van der Waals surface area contributed by atoms with Crippen molar-refractivity contribution in [2.45, 2.75) is 13.8 Å². The Bertz CT molecular complexity index is 734. The number of aryl methyl sites for hydroxylation is 2. The van der Waals surface area contributed by atoms with Crippen LogP contribution in [-0.2, 0) is 0 Å². The molecule has 0 aliphatic rings. The van der Waals surface area contributed by atoms with E-state index in [2.05, 4.69) is 51.3 Å². The van der Waals surface area contributed by atoms with Gasteiger partial charge in [0, 0.05) is 15.8 Å². The van der Waals surface area contributed by atoms with E-state index in [1.807, 2.05) is 42.5 Å². The SMILES string of the molecule is Cc1ccc(NC(=S)NNC(=S)Nc2cccc(Br)c2)cc1C. The van der Waals surface area contributed by atoms with E-state index in [1.165, 1.54) is 11.1 Å². The monoisotopic (exact) mass is 408 g/mol. The summed E-state index contributed by atoms with van der Waals surface area (Å²) >= 11 is 13.9. The minimum absolute atomic E-state index is 0.423. The van der Waals surface area contributed by atoms with E-state index in [0.717, 1.165) is 15.8 Å². The molecule has 0 radical (unpaired) electrons. The fraction of sp³-hybridized carbons (Fsp3) is 0.125. The number of hydrogen-bond acceptors (Lipinski definition) is 2. The van der Waals surface area contributed by atoms with Gasteiger partial charge in [-0.15, -0.1) is 0 Å². The Morgan fingerprint density at radius 2 is 1.43 bits per heavy atom. The molecule has 0 unspecified atom stereocenters. The van der Waals surface area contributed by atoms with Crippen LogP contribution in [0.3, 0.4) is 0 Å². The summed E-state index contributed by atoms with van der Waals surface area (Å²) in [5.74, 6) is 0. The maximum atomic E-state index is 5.24. The predicted molar refractivity (Wildman–Crippen MR) is 109 cm³/mol. The van der Waals surface area contributed by atoms with E-state index in [1.54, 1.807) is 0 Å². The molecular weight excluding hydrogens is 392 g/mol. The Kier molecular flexibility index (Phi) is 6.32. The molecule has 0 aromatic heterocycles. The van der Waals surface area contributed by atoms with Crippen LogP contribution in [0, 0.1) is 13.8 Å². The van der Waals surface area contributed by atoms with Gasteiger partial charge in [-0.2, -0.15) is 0 Å². The molecule has 0 aliphatic carbocycles. The molecule has 120 valence electrons. The van der Waals surface area contributed by atoms with E-state index in [-0.39, 0.29) is 0 Å². The standard InChI is InChI=1S/C16H17BrN4S2/c1-10-6-7-14(8-11(10)2)19-16(23)21-20-15(22)18-13-5-3-4-12(17)9-13/h3-9H,1-2H3,(H2,18,20,22)(H2,19,21,23). The Morgan fingerprint density at radius 3 is 2.00 bits per heavy atom. The summed E-state index contributed by atoms with van der Waals surface area (Å²) in [5.41, 5.74) is 9.96. The van der Waals surface area contributed by atoms with Crippen LogP contribution in [-0.4, -0.2) is 10.2 Å². The number of halogens is 1. The number of thiocarbonyl (C=S) groups is 2. The van der Waals surface area contributed by atoms with Gasteiger partial charge in [-0.1, -0.05) is 28.1 Å². The molecule has 0 spiro atoms. The van der Waals surface area contributed by atoms with Gasteiger partial charge in [0.15, 0.2) is 10.2 Å². The third-order valence-electron chi connectivity index (χ3n) is 3.14. The van der Waals surface area contributed by atoms with Crippen LogP contribution in [0.2, 0.25) is 0 Å². The van der Waals surface area contributed by atoms with Crippen LogP contribution in [0.5, 0.6) is 0 Å². The maximum absolute atomic E-state index is 5.24. The Morgan fingerprint density at radius 1 is 0.826 bits per heavy atom. The average Bonchev–Trinajstić information content (AvgIpc) is 2.49. The van der Waals surface area contributed by atoms with Crippen molar-refractivity contribution >= 4 is 62.0 Å². The fourth-order valence-electron chi connectivity index (χ4n) is 1.82. The van der Waals surface area contributed by atoms with Crippen molar-refractivity contribution in [3.05, 3.63) is 58.1 Å². The molecule has 0 aliphatic heterocycles. The van der Waals surface area contributed by atoms with Gasteiger partial charge in [-0.3, -0.25) is 10.9 Å². The number of hydrazine groups is 1. The first kappa shape index (κ1) is 17.7. The molecule has 2 rings (SSSR count). The first-order chi connectivity index (χ1) is 10.9. The maximum Gasteiger partial charge on any atom is 0.189 e. The molecule has 4 nitrogen and oxygen atoms in total. The van der Waals surface area contributed by atoms with Crippen LogP contribution < -0.4 is 21.5 Å². The fourth-order valence-corrected chi connectivity index (χ4v) is 2.56. The number of anilines is 2. The van der Waals surface area contributed by atoms with Crippen molar-refractivity contribution in [1.29, 1.82) is 0 Å². The number of hydrogen-bond donors (Lipinski definition) is 4. The number of nitrogens with one attached hydrogen (secondary N) is 4. The van der Waals surface area contributed by atoms with Gasteiger partial charge in [-0.05, 0) is 79.7 Å². The molecule has 4 N–H and O–H groups in total. The quantitative estimate of drug-likeness (QED) is 0.440. The van der Waals surface area contributed by atoms with Gasteiger partial charge in [0.2, 0.25) is 0 Å². The van der Waals surface area contributed by atoms with Gasteiger partial charge in [-0.25, -0.2) is 0 Å². The van der Waals surface area contributed by atoms with Crippen molar-refractivity contribution in [3.63, 3.8) is 0 Å². The first-order valence-electron chi connectivity index (χ1n) is 6.91. The second-order valence-corrected chi connectivity index (χ2v) is 6.70. The summed E-state index contributed by atoms with van der Waals surface area (Å²) in [4.78, 5) is 0. The van der Waals surface area contributed by atoms with Crippen LogP contribution in [0.15, 0.2) is 46.9 Å². The van der Waals surface area contributed by atoms with Crippen LogP contribution >= 0.6 is 40.4 Å². The molecule has 0 saturated carbocycles. The first-order valence-corrected chi connectivity index (χ1v) is 8.52. The van der Waals surface area contributed by atoms with Gasteiger partial charge in [0.25, 0.3) is 0 Å². The lowest BCUT2D eigenvalue weighted by atomic mass is 10.1. The molecule has 0 atom stereocenters. The molecule has 0 fully saturated rings. The summed E-state index contributed by atoms with van der Waals surface area (Å²) in [6.45, 7) is 4.13. The Labute approximate surface area is 155 Å². The molecule has 2 aromatic carbocycles. The topological polar surface area (TPSA) is 48.1 Å². The Hall–Kier alpha value is -1.70. The lowest BCUT2D eigenvalue weighted by Crippen LogP contribution is -2.45. The molecule has 7 heteroatoms. The zero-order chi connectivity index (χ0) is 16.8. The van der Waals surface area contributed by atoms with Crippen molar-refractivity contribution < 1.29 is 0 Å². The van der Waals surface area contributed by atoms with Crippen LogP contribution in [0.4, 0.5) is 11.4 Å². The summed E-state index contributed by atoms with van der Waals surface area (Å²) in [7, 11) is 0. The molecule has 0 saturated heterocycles. The predicted octanol–water partition coefficient (Wildman–Crippen LogP) is 4.25. The van der Waals surface area contributed by atoms with Gasteiger partial charge in [0.1, 0.15) is 0 Å². The Balaban J connectivity index is 1.81. The zero-order valence-corrected chi connectivity index (χ0v) is 16.0. The second kappa shape index (κ2) is 8.24. The third-order valence-corrected chi connectivity index (χ3v) is 4.04. The molecule has 0 amide bonds. The van der Waals surface area contributed by atoms with Gasteiger partial charge >= 0.3 is 0 Å². The lowest BCUT2D eigenvalue weighted by molar-refractivity contribution is 0.885. The molecule has 23 heavy (non-hydrogen) atoms. The van der Waals surface area contributed by atoms with Crippen molar-refractivity contribution in [2.75, 3.05) is 10.6 Å². The van der Waals surface area contributed by atoms with E-state index in [4.69, 9.17) is 24.4 Å². The van der Waals surface area contributed by atoms with Crippen LogP contribution in [0.1, 0.15) is 11.1 Å². The third kappa shape index (κ3) is 5.78. The summed E-state index contributed by atoms with van der Waals surface area (Å²) in [5, 5.41) is 7.02. The minimum atomic E-state index is 0.423. The highest BCUT2D eigenvalue weighted by molar-refractivity contribution is 9.10. The van der Waals surface area contributed by atoms with E-state index >= 15 is 0 Å². The van der Waals surface area contributed by atoms with Crippen molar-refractivity contribution in [3.8, 4) is 0 Å². The van der Waals surface area contributed by atoms with E-state index < -0.39 is 0 Å². The number of benzene rings is 2. The van der Waals surface area contributed by atoms with Crippen molar-refractivity contribution in [2.24, 2.45) is 0 Å². The average molecular weight is 409 g/mol. The second-order valence-electron chi connectivity index (χ2n) is 4.97. The molecule has 0 heterocycles. The van der Waals surface area contributed by atoms with Crippen molar-refractivity contribution in [1.82, 2.24) is 10.9 Å². The molecule has 2 aromatic rings. The van der Waals surface area contributed by atoms with Gasteiger partial charge in [0.05, 0.1) is 0 Å². The van der Waals surface area contributed by atoms with Gasteiger partial charge < -0.3 is 10.6 Å². The zero-order valence-electron chi connectivity index (χ0n) is 12.7. The summed E-state index contributed by atoms with van der Waals surface area (Å²) in [6.07, 6.45) is 0. The highest BCUT2D eigenvalue weighted by atomic mass is 79.9. The smallest absolute Gasteiger partial charge is 0.189 e. The highest BCUT2D eigenvalue weighted by Crippen LogP contribution is 2.15. The molecule has 0 bridgehead atoms. The minimum Gasteiger partial charge on any atom is -0.331 e. The van der Waals surface area contributed by atoms with E-state index in [9.17, 15) is 0 Å². The van der Waals surface area contributed by atoms with E-state index in [0.29, 0.717) is 10.2 Å². The molecular formula is C16H17BrN4S2. The summed E-state index contributed by atoms with van der Waals surface area (Å²) in [6, 6.07) is 13.8. The normalized spacial score (nSPS) is 9.87.